The van der Waals surface area contributed by atoms with Gasteiger partial charge in [-0.25, -0.2) is 0 Å². The number of rotatable bonds is 4. The largest absolute Gasteiger partial charge is 0.373 e. The number of aromatic nitrogens is 1. The van der Waals surface area contributed by atoms with Crippen LogP contribution in [0.5, 0.6) is 0 Å². The van der Waals surface area contributed by atoms with Gasteiger partial charge in [-0.3, -0.25) is 9.88 Å². The minimum Gasteiger partial charge on any atom is -0.373 e. The summed E-state index contributed by atoms with van der Waals surface area (Å²) in [6.45, 7) is 10.6. The van der Waals surface area contributed by atoms with E-state index in [4.69, 9.17) is 4.74 Å². The highest BCUT2D eigenvalue weighted by molar-refractivity contribution is 5.91. The molecule has 0 bridgehead atoms. The second-order valence-corrected chi connectivity index (χ2v) is 6.79. The van der Waals surface area contributed by atoms with Crippen LogP contribution in [0, 0.1) is 6.92 Å². The van der Waals surface area contributed by atoms with Gasteiger partial charge in [0.15, 0.2) is 0 Å². The number of anilines is 1. The number of likely N-dealkylation sites (N-methyl/N-ethyl adjacent to an activating group) is 1. The van der Waals surface area contributed by atoms with E-state index >= 15 is 0 Å². The number of fused-ring (bicyclic) bond motifs is 1. The van der Waals surface area contributed by atoms with Crippen LogP contribution in [-0.4, -0.2) is 55.3 Å². The Morgan fingerprint density at radius 3 is 2.70 bits per heavy atom. The van der Waals surface area contributed by atoms with E-state index in [2.05, 4.69) is 66.9 Å². The van der Waals surface area contributed by atoms with Crippen molar-refractivity contribution in [1.82, 2.24) is 9.88 Å². The minimum atomic E-state index is 0.327. The van der Waals surface area contributed by atoms with Crippen LogP contribution in [0.2, 0.25) is 0 Å². The molecular formula is C19H27N3O. The summed E-state index contributed by atoms with van der Waals surface area (Å²) in [5.41, 5.74) is 3.60. The van der Waals surface area contributed by atoms with Crippen molar-refractivity contribution >= 4 is 16.6 Å². The molecule has 2 aromatic rings. The SMILES string of the molecule is Cc1ccc2nccc(N(C)CCN3C[C@@H](C)O[C@@H](C)C3)c2c1. The standard InChI is InChI=1S/C19H27N3O/c1-14-5-6-18-17(11-14)19(7-8-20-18)21(4)9-10-22-12-15(2)23-16(3)13-22/h5-8,11,15-16H,9-10,12-13H2,1-4H3/t15-,16+. The lowest BCUT2D eigenvalue weighted by molar-refractivity contribution is -0.0670. The normalized spacial score (nSPS) is 22.4. The number of ether oxygens (including phenoxy) is 1. The number of hydrogen-bond acceptors (Lipinski definition) is 4. The summed E-state index contributed by atoms with van der Waals surface area (Å²) in [5, 5.41) is 1.23. The lowest BCUT2D eigenvalue weighted by atomic mass is 10.1. The monoisotopic (exact) mass is 313 g/mol. The molecule has 2 atom stereocenters. The van der Waals surface area contributed by atoms with Crippen LogP contribution in [0.15, 0.2) is 30.5 Å². The molecule has 0 radical (unpaired) electrons. The first-order valence-corrected chi connectivity index (χ1v) is 8.47. The van der Waals surface area contributed by atoms with Crippen LogP contribution in [0.4, 0.5) is 5.69 Å². The Kier molecular flexibility index (Phi) is 4.83. The summed E-state index contributed by atoms with van der Waals surface area (Å²) in [6.07, 6.45) is 2.56. The highest BCUT2D eigenvalue weighted by Crippen LogP contribution is 2.25. The molecule has 4 nitrogen and oxygen atoms in total. The number of morpholine rings is 1. The summed E-state index contributed by atoms with van der Waals surface area (Å²) in [7, 11) is 2.17. The summed E-state index contributed by atoms with van der Waals surface area (Å²) in [6, 6.07) is 8.57. The van der Waals surface area contributed by atoms with Crippen molar-refractivity contribution in [3.8, 4) is 0 Å². The Hall–Kier alpha value is -1.65. The van der Waals surface area contributed by atoms with Gasteiger partial charge in [-0.1, -0.05) is 11.6 Å². The lowest BCUT2D eigenvalue weighted by Gasteiger charge is -2.36. The molecule has 3 rings (SSSR count). The first kappa shape index (κ1) is 16.2. The molecule has 0 saturated carbocycles. The molecule has 1 fully saturated rings. The van der Waals surface area contributed by atoms with E-state index < -0.39 is 0 Å². The van der Waals surface area contributed by atoms with Gasteiger partial charge in [-0.05, 0) is 39.0 Å². The minimum absolute atomic E-state index is 0.327. The molecule has 1 aromatic heterocycles. The molecule has 0 N–H and O–H groups in total. The van der Waals surface area contributed by atoms with Crippen molar-refractivity contribution < 1.29 is 4.74 Å². The molecule has 2 heterocycles. The topological polar surface area (TPSA) is 28.6 Å². The van der Waals surface area contributed by atoms with Gasteiger partial charge in [0, 0.05) is 50.5 Å². The van der Waals surface area contributed by atoms with E-state index in [1.165, 1.54) is 16.6 Å². The fourth-order valence-corrected chi connectivity index (χ4v) is 3.46. The first-order chi connectivity index (χ1) is 11.0. The molecule has 1 aliphatic rings. The average molecular weight is 313 g/mol. The average Bonchev–Trinajstić information content (AvgIpc) is 2.51. The molecule has 1 aliphatic heterocycles. The summed E-state index contributed by atoms with van der Waals surface area (Å²) in [4.78, 5) is 9.33. The highest BCUT2D eigenvalue weighted by Gasteiger charge is 2.22. The third-order valence-corrected chi connectivity index (χ3v) is 4.53. The van der Waals surface area contributed by atoms with Gasteiger partial charge >= 0.3 is 0 Å². The van der Waals surface area contributed by atoms with Crippen LogP contribution in [0.3, 0.4) is 0 Å². The highest BCUT2D eigenvalue weighted by atomic mass is 16.5. The molecule has 23 heavy (non-hydrogen) atoms. The third kappa shape index (κ3) is 3.82. The van der Waals surface area contributed by atoms with E-state index in [0.29, 0.717) is 12.2 Å². The van der Waals surface area contributed by atoms with Crippen LogP contribution in [0.1, 0.15) is 19.4 Å². The van der Waals surface area contributed by atoms with Crippen LogP contribution >= 0.6 is 0 Å². The van der Waals surface area contributed by atoms with Crippen LogP contribution < -0.4 is 4.90 Å². The summed E-state index contributed by atoms with van der Waals surface area (Å²) in [5.74, 6) is 0. The van der Waals surface area contributed by atoms with E-state index in [1.54, 1.807) is 0 Å². The Morgan fingerprint density at radius 1 is 1.22 bits per heavy atom. The third-order valence-electron chi connectivity index (χ3n) is 4.53. The van der Waals surface area contributed by atoms with Gasteiger partial charge in [0.05, 0.1) is 17.7 Å². The van der Waals surface area contributed by atoms with Gasteiger partial charge < -0.3 is 9.64 Å². The van der Waals surface area contributed by atoms with Gasteiger partial charge in [0.2, 0.25) is 0 Å². The second-order valence-electron chi connectivity index (χ2n) is 6.79. The number of benzene rings is 1. The zero-order valence-electron chi connectivity index (χ0n) is 14.6. The Labute approximate surface area is 139 Å². The van der Waals surface area contributed by atoms with Crippen molar-refractivity contribution in [2.75, 3.05) is 38.1 Å². The fraction of sp³-hybridized carbons (Fsp3) is 0.526. The summed E-state index contributed by atoms with van der Waals surface area (Å²) >= 11 is 0. The molecule has 1 aromatic carbocycles. The molecule has 0 aliphatic carbocycles. The zero-order chi connectivity index (χ0) is 16.4. The maximum absolute atomic E-state index is 5.82. The Bertz CT molecular complexity index is 663. The van der Waals surface area contributed by atoms with Crippen LogP contribution in [0.25, 0.3) is 10.9 Å². The maximum atomic E-state index is 5.82. The molecule has 124 valence electrons. The predicted octanol–water partition coefficient (Wildman–Crippen LogP) is 3.09. The first-order valence-electron chi connectivity index (χ1n) is 8.47. The lowest BCUT2D eigenvalue weighted by Crippen LogP contribution is -2.47. The fourth-order valence-electron chi connectivity index (χ4n) is 3.46. The number of nitrogens with zero attached hydrogens (tertiary/aromatic N) is 3. The number of aryl methyl sites for hydroxylation is 1. The molecule has 1 saturated heterocycles. The maximum Gasteiger partial charge on any atom is 0.0722 e. The molecule has 0 amide bonds. The molecular weight excluding hydrogens is 286 g/mol. The number of pyridine rings is 1. The van der Waals surface area contributed by atoms with Crippen molar-refractivity contribution in [3.63, 3.8) is 0 Å². The van der Waals surface area contributed by atoms with Gasteiger partial charge in [0.1, 0.15) is 0 Å². The van der Waals surface area contributed by atoms with E-state index in [9.17, 15) is 0 Å². The Morgan fingerprint density at radius 2 is 1.96 bits per heavy atom. The van der Waals surface area contributed by atoms with E-state index in [1.807, 2.05) is 6.20 Å². The summed E-state index contributed by atoms with van der Waals surface area (Å²) < 4.78 is 5.82. The van der Waals surface area contributed by atoms with E-state index in [0.717, 1.165) is 31.7 Å². The number of hydrogen-bond donors (Lipinski definition) is 0. The molecule has 0 spiro atoms. The zero-order valence-corrected chi connectivity index (χ0v) is 14.6. The quantitative estimate of drug-likeness (QED) is 0.867. The van der Waals surface area contributed by atoms with E-state index in [-0.39, 0.29) is 0 Å². The molecule has 4 heteroatoms. The second kappa shape index (κ2) is 6.85. The Balaban J connectivity index is 1.71. The molecule has 0 unspecified atom stereocenters. The predicted molar refractivity (Wildman–Crippen MR) is 96.2 cm³/mol. The van der Waals surface area contributed by atoms with Crippen LogP contribution in [-0.2, 0) is 4.74 Å². The van der Waals surface area contributed by atoms with Gasteiger partial charge in [-0.15, -0.1) is 0 Å². The van der Waals surface area contributed by atoms with Crippen molar-refractivity contribution in [3.05, 3.63) is 36.0 Å². The van der Waals surface area contributed by atoms with Crippen molar-refractivity contribution in [2.45, 2.75) is 33.0 Å². The van der Waals surface area contributed by atoms with Gasteiger partial charge in [-0.2, -0.15) is 0 Å². The smallest absolute Gasteiger partial charge is 0.0722 e. The van der Waals surface area contributed by atoms with Crippen molar-refractivity contribution in [2.24, 2.45) is 0 Å². The van der Waals surface area contributed by atoms with Crippen molar-refractivity contribution in [1.29, 1.82) is 0 Å². The van der Waals surface area contributed by atoms with Gasteiger partial charge in [0.25, 0.3) is 0 Å².